The fraction of sp³-hybridized carbons (Fsp3) is 0.345. The zero-order chi connectivity index (χ0) is 26.4. The Morgan fingerprint density at radius 2 is 1.89 bits per heavy atom. The van der Waals surface area contributed by atoms with Crippen molar-refractivity contribution < 1.29 is 19.2 Å². The first-order valence-electron chi connectivity index (χ1n) is 12.9. The highest BCUT2D eigenvalue weighted by Crippen LogP contribution is 2.58. The molecule has 8 nitrogen and oxygen atoms in total. The number of halogens is 1. The lowest BCUT2D eigenvalue weighted by Crippen LogP contribution is -2.55. The van der Waals surface area contributed by atoms with Crippen LogP contribution in [0.3, 0.4) is 0 Å². The summed E-state index contributed by atoms with van der Waals surface area (Å²) < 4.78 is 12.0. The van der Waals surface area contributed by atoms with Crippen molar-refractivity contribution in [3.63, 3.8) is 0 Å². The summed E-state index contributed by atoms with van der Waals surface area (Å²) in [6, 6.07) is 19.0. The molecule has 2 saturated heterocycles. The van der Waals surface area contributed by atoms with Gasteiger partial charge >= 0.3 is 0 Å². The predicted octanol–water partition coefficient (Wildman–Crippen LogP) is 5.37. The molecule has 3 aromatic rings. The molecule has 1 spiro atoms. The van der Waals surface area contributed by atoms with E-state index in [-0.39, 0.29) is 23.5 Å². The molecule has 196 valence electrons. The first-order valence-corrected chi connectivity index (χ1v) is 13.3. The summed E-state index contributed by atoms with van der Waals surface area (Å²) in [5.41, 5.74) is 1.60. The van der Waals surface area contributed by atoms with Gasteiger partial charge in [0.25, 0.3) is 11.9 Å². The number of fused-ring (bicyclic) bond motifs is 4. The zero-order valence-corrected chi connectivity index (χ0v) is 21.7. The Kier molecular flexibility index (Phi) is 6.24. The van der Waals surface area contributed by atoms with Crippen LogP contribution in [0.2, 0.25) is 5.02 Å². The number of anilines is 1. The van der Waals surface area contributed by atoms with E-state index in [0.29, 0.717) is 40.9 Å². The van der Waals surface area contributed by atoms with Gasteiger partial charge < -0.3 is 14.8 Å². The van der Waals surface area contributed by atoms with Gasteiger partial charge in [-0.2, -0.15) is 0 Å². The molecule has 2 fully saturated rings. The van der Waals surface area contributed by atoms with E-state index >= 15 is 0 Å². The number of ether oxygens (including phenoxy) is 2. The molecule has 38 heavy (non-hydrogen) atoms. The van der Waals surface area contributed by atoms with Crippen LogP contribution in [0.1, 0.15) is 42.4 Å². The van der Waals surface area contributed by atoms with E-state index in [1.165, 1.54) is 0 Å². The van der Waals surface area contributed by atoms with E-state index in [1.54, 1.807) is 6.07 Å². The van der Waals surface area contributed by atoms with Crippen LogP contribution < -0.4 is 14.8 Å². The summed E-state index contributed by atoms with van der Waals surface area (Å²) in [5.74, 6) is 0.231. The van der Waals surface area contributed by atoms with Crippen molar-refractivity contribution in [2.45, 2.75) is 49.9 Å². The summed E-state index contributed by atoms with van der Waals surface area (Å²) in [6.07, 6.45) is 1.65. The highest BCUT2D eigenvalue weighted by Gasteiger charge is 2.73. The number of hydrogen-bond donors (Lipinski definition) is 1. The van der Waals surface area contributed by atoms with Crippen molar-refractivity contribution in [1.82, 2.24) is 4.90 Å². The van der Waals surface area contributed by atoms with Gasteiger partial charge in [0, 0.05) is 39.3 Å². The number of hydrogen-bond acceptors (Lipinski definition) is 6. The maximum Gasteiger partial charge on any atom is 0.256 e. The lowest BCUT2D eigenvalue weighted by Gasteiger charge is -2.32. The number of para-hydroxylation sites is 1. The fourth-order valence-corrected chi connectivity index (χ4v) is 6.86. The molecule has 3 aliphatic rings. The fourth-order valence-electron chi connectivity index (χ4n) is 6.67. The second-order valence-corrected chi connectivity index (χ2v) is 10.4. The van der Waals surface area contributed by atoms with E-state index in [1.807, 2.05) is 67.6 Å². The highest BCUT2D eigenvalue weighted by atomic mass is 35.5. The van der Waals surface area contributed by atoms with Gasteiger partial charge in [-0.05, 0) is 49.6 Å². The Morgan fingerprint density at radius 1 is 1.11 bits per heavy atom. The summed E-state index contributed by atoms with van der Waals surface area (Å²) in [5, 5.41) is 16.4. The zero-order valence-electron chi connectivity index (χ0n) is 20.9. The Hall–Kier alpha value is -3.62. The van der Waals surface area contributed by atoms with Gasteiger partial charge in [-0.3, -0.25) is 19.8 Å². The lowest BCUT2D eigenvalue weighted by molar-refractivity contribution is -0.534. The van der Waals surface area contributed by atoms with Crippen LogP contribution in [-0.2, 0) is 16.9 Å². The van der Waals surface area contributed by atoms with Crippen molar-refractivity contribution in [1.29, 1.82) is 0 Å². The average molecular weight is 534 g/mol. The molecule has 9 heteroatoms. The lowest BCUT2D eigenvalue weighted by atomic mass is 9.77. The number of nitrogens with zero attached hydrogens (tertiary/aromatic N) is 2. The molecular formula is C29H28ClN3O5. The van der Waals surface area contributed by atoms with E-state index in [0.717, 1.165) is 24.0 Å². The van der Waals surface area contributed by atoms with E-state index in [4.69, 9.17) is 21.1 Å². The standard InChI is InChI=1S/C29H28ClN3O5/c1-2-37-25-16-18(13-14-24(25)38-17-19-8-3-5-10-21(19)30)26-23-12-7-15-32(23)29(27(26)33(35)36)20-9-4-6-11-22(20)31-28(29)34/h3-6,8-11,13-14,16,23,26-27H,2,7,12,15,17H2,1H3,(H,31,34)/t23-,26+,27+,29+/m0/s1. The predicted molar refractivity (Wildman–Crippen MR) is 143 cm³/mol. The van der Waals surface area contributed by atoms with Gasteiger partial charge in [0.15, 0.2) is 17.0 Å². The van der Waals surface area contributed by atoms with Gasteiger partial charge in [-0.25, -0.2) is 0 Å². The summed E-state index contributed by atoms with van der Waals surface area (Å²) in [7, 11) is 0. The van der Waals surface area contributed by atoms with Crippen LogP contribution in [0.25, 0.3) is 0 Å². The maximum absolute atomic E-state index is 13.6. The normalized spacial score (nSPS) is 25.7. The van der Waals surface area contributed by atoms with E-state index in [9.17, 15) is 14.9 Å². The third-order valence-electron chi connectivity index (χ3n) is 8.09. The average Bonchev–Trinajstić information content (AvgIpc) is 3.57. The molecular weight excluding hydrogens is 506 g/mol. The number of rotatable bonds is 7. The maximum atomic E-state index is 13.6. The van der Waals surface area contributed by atoms with E-state index in [2.05, 4.69) is 10.2 Å². The minimum absolute atomic E-state index is 0.147. The van der Waals surface area contributed by atoms with Crippen LogP contribution in [0.5, 0.6) is 11.5 Å². The molecule has 0 bridgehead atoms. The molecule has 4 atom stereocenters. The first kappa shape index (κ1) is 24.7. The van der Waals surface area contributed by atoms with Crippen molar-refractivity contribution in [2.24, 2.45) is 0 Å². The number of carbonyl (C=O) groups is 1. The second kappa shape index (κ2) is 9.60. The van der Waals surface area contributed by atoms with Crippen LogP contribution in [0, 0.1) is 10.1 Å². The molecule has 3 heterocycles. The first-order chi connectivity index (χ1) is 18.5. The summed E-state index contributed by atoms with van der Waals surface area (Å²) in [6.45, 7) is 3.18. The Morgan fingerprint density at radius 3 is 2.68 bits per heavy atom. The second-order valence-electron chi connectivity index (χ2n) is 9.94. The third kappa shape index (κ3) is 3.66. The molecule has 0 saturated carbocycles. The minimum atomic E-state index is -1.35. The quantitative estimate of drug-likeness (QED) is 0.324. The van der Waals surface area contributed by atoms with Crippen LogP contribution in [-0.4, -0.2) is 41.0 Å². The van der Waals surface area contributed by atoms with Crippen molar-refractivity contribution >= 4 is 23.2 Å². The van der Waals surface area contributed by atoms with Crippen molar-refractivity contribution in [3.8, 4) is 11.5 Å². The number of carbonyl (C=O) groups excluding carboxylic acids is 1. The number of amides is 1. The molecule has 3 aliphatic heterocycles. The van der Waals surface area contributed by atoms with Crippen molar-refractivity contribution in [2.75, 3.05) is 18.5 Å². The monoisotopic (exact) mass is 533 g/mol. The van der Waals surface area contributed by atoms with Gasteiger partial charge in [0.05, 0.1) is 12.5 Å². The Labute approximate surface area is 225 Å². The SMILES string of the molecule is CCOc1cc([C@@H]2[C@@H]3CCCN3[C@@]3(C(=O)Nc4ccccc43)[C@@H]2[N+](=O)[O-])ccc1OCc1ccccc1Cl. The molecule has 0 aromatic heterocycles. The number of nitro groups is 1. The minimum Gasteiger partial charge on any atom is -0.490 e. The topological polar surface area (TPSA) is 93.9 Å². The molecule has 6 rings (SSSR count). The molecule has 0 radical (unpaired) electrons. The third-order valence-corrected chi connectivity index (χ3v) is 8.46. The van der Waals surface area contributed by atoms with Gasteiger partial charge in [0.2, 0.25) is 0 Å². The van der Waals surface area contributed by atoms with Gasteiger partial charge in [-0.15, -0.1) is 0 Å². The number of benzene rings is 3. The van der Waals surface area contributed by atoms with Crippen molar-refractivity contribution in [3.05, 3.63) is 98.6 Å². The Bertz CT molecular complexity index is 1410. The van der Waals surface area contributed by atoms with Crippen LogP contribution in [0.4, 0.5) is 5.69 Å². The summed E-state index contributed by atoms with van der Waals surface area (Å²) >= 11 is 6.29. The molecule has 3 aromatic carbocycles. The molecule has 1 amide bonds. The molecule has 0 aliphatic carbocycles. The highest BCUT2D eigenvalue weighted by molar-refractivity contribution is 6.31. The van der Waals surface area contributed by atoms with Crippen LogP contribution >= 0.6 is 11.6 Å². The van der Waals surface area contributed by atoms with Gasteiger partial charge in [-0.1, -0.05) is 54.1 Å². The van der Waals surface area contributed by atoms with E-state index < -0.39 is 17.5 Å². The Balaban J connectivity index is 1.41. The summed E-state index contributed by atoms with van der Waals surface area (Å²) in [4.78, 5) is 28.3. The van der Waals surface area contributed by atoms with Crippen LogP contribution in [0.15, 0.2) is 66.7 Å². The number of nitrogens with one attached hydrogen (secondary N) is 1. The molecule has 1 N–H and O–H groups in total. The van der Waals surface area contributed by atoms with Gasteiger partial charge in [0.1, 0.15) is 6.61 Å². The smallest absolute Gasteiger partial charge is 0.256 e. The molecule has 0 unspecified atom stereocenters. The largest absolute Gasteiger partial charge is 0.490 e.